The maximum atomic E-state index is 5.76. The number of hydrogen-bond acceptors (Lipinski definition) is 4. The maximum absolute atomic E-state index is 5.76. The van der Waals surface area contributed by atoms with Crippen LogP contribution in [0.4, 0.5) is 0 Å². The van der Waals surface area contributed by atoms with Crippen molar-refractivity contribution in [3.63, 3.8) is 0 Å². The number of nitrogens with zero attached hydrogens (tertiary/aromatic N) is 2. The second-order valence-corrected chi connectivity index (χ2v) is 4.94. The molecule has 0 saturated carbocycles. The predicted molar refractivity (Wildman–Crippen MR) is 84.6 cm³/mol. The summed E-state index contributed by atoms with van der Waals surface area (Å²) in [5.41, 5.74) is 8.81. The van der Waals surface area contributed by atoms with Crippen molar-refractivity contribution in [2.24, 2.45) is 15.9 Å². The molecule has 2 aromatic carbocycles. The van der Waals surface area contributed by atoms with Gasteiger partial charge in [-0.25, -0.2) is 0 Å². The van der Waals surface area contributed by atoms with Crippen LogP contribution in [0, 0.1) is 0 Å². The van der Waals surface area contributed by atoms with Crippen molar-refractivity contribution in [1.29, 1.82) is 0 Å². The Hall–Kier alpha value is -2.62. The molecule has 0 amide bonds. The van der Waals surface area contributed by atoms with Gasteiger partial charge >= 0.3 is 0 Å². The minimum absolute atomic E-state index is 0.571. The number of benzene rings is 2. The van der Waals surface area contributed by atoms with Gasteiger partial charge in [0, 0.05) is 6.42 Å². The summed E-state index contributed by atoms with van der Waals surface area (Å²) in [6.45, 7) is 0.571. The Balaban J connectivity index is 1.64. The highest BCUT2D eigenvalue weighted by Gasteiger charge is 2.09. The van der Waals surface area contributed by atoms with Gasteiger partial charge < -0.3 is 10.5 Å². The molecule has 2 N–H and O–H groups in total. The van der Waals surface area contributed by atoms with Crippen molar-refractivity contribution in [1.82, 2.24) is 0 Å². The second-order valence-electron chi connectivity index (χ2n) is 4.94. The maximum Gasteiger partial charge on any atom is 0.122 e. The van der Waals surface area contributed by atoms with Crippen LogP contribution in [-0.2, 0) is 6.61 Å². The quantitative estimate of drug-likeness (QED) is 0.934. The summed E-state index contributed by atoms with van der Waals surface area (Å²) < 4.78 is 5.76. The van der Waals surface area contributed by atoms with E-state index in [4.69, 9.17) is 10.5 Å². The zero-order valence-corrected chi connectivity index (χ0v) is 11.7. The summed E-state index contributed by atoms with van der Waals surface area (Å²) in [6.07, 6.45) is 1.60. The van der Waals surface area contributed by atoms with Crippen LogP contribution in [0.5, 0.6) is 5.75 Å². The SMILES string of the molecule is NC1=NN=C(c2ccc(OCc3ccccc3)cc2)CC1. The Morgan fingerprint density at radius 2 is 1.67 bits per heavy atom. The monoisotopic (exact) mass is 279 g/mol. The highest BCUT2D eigenvalue weighted by molar-refractivity contribution is 6.04. The highest BCUT2D eigenvalue weighted by atomic mass is 16.5. The van der Waals surface area contributed by atoms with E-state index in [-0.39, 0.29) is 0 Å². The fourth-order valence-corrected chi connectivity index (χ4v) is 2.16. The molecule has 3 rings (SSSR count). The van der Waals surface area contributed by atoms with Crippen LogP contribution < -0.4 is 10.5 Å². The lowest BCUT2D eigenvalue weighted by Crippen LogP contribution is -2.17. The summed E-state index contributed by atoms with van der Waals surface area (Å²) in [5.74, 6) is 1.45. The Morgan fingerprint density at radius 1 is 0.905 bits per heavy atom. The van der Waals surface area contributed by atoms with Gasteiger partial charge in [-0.15, -0.1) is 5.10 Å². The average molecular weight is 279 g/mol. The first-order chi connectivity index (χ1) is 10.3. The molecule has 0 aliphatic carbocycles. The number of rotatable bonds is 4. The molecule has 1 aliphatic heterocycles. The zero-order valence-electron chi connectivity index (χ0n) is 11.7. The first-order valence-corrected chi connectivity index (χ1v) is 6.97. The molecule has 0 fully saturated rings. The minimum Gasteiger partial charge on any atom is -0.489 e. The second kappa shape index (κ2) is 6.22. The number of nitrogens with two attached hydrogens (primary N) is 1. The first kappa shape index (κ1) is 13.4. The van der Waals surface area contributed by atoms with Crippen molar-refractivity contribution in [2.45, 2.75) is 19.4 Å². The van der Waals surface area contributed by atoms with Crippen LogP contribution in [0.15, 0.2) is 64.8 Å². The van der Waals surface area contributed by atoms with E-state index < -0.39 is 0 Å². The van der Waals surface area contributed by atoms with Crippen LogP contribution in [0.1, 0.15) is 24.0 Å². The third-order valence-corrected chi connectivity index (χ3v) is 3.35. The van der Waals surface area contributed by atoms with E-state index in [2.05, 4.69) is 10.2 Å². The zero-order chi connectivity index (χ0) is 14.5. The highest BCUT2D eigenvalue weighted by Crippen LogP contribution is 2.17. The Bertz CT molecular complexity index is 660. The van der Waals surface area contributed by atoms with Gasteiger partial charge in [0.2, 0.25) is 0 Å². The molecule has 4 heteroatoms. The van der Waals surface area contributed by atoms with Crippen molar-refractivity contribution in [2.75, 3.05) is 0 Å². The van der Waals surface area contributed by atoms with Crippen LogP contribution in [0.25, 0.3) is 0 Å². The number of amidine groups is 1. The molecular formula is C17H17N3O. The summed E-state index contributed by atoms with van der Waals surface area (Å²) in [4.78, 5) is 0. The lowest BCUT2D eigenvalue weighted by Gasteiger charge is -2.11. The van der Waals surface area contributed by atoms with Crippen LogP contribution >= 0.6 is 0 Å². The third-order valence-electron chi connectivity index (χ3n) is 3.35. The summed E-state index contributed by atoms with van der Waals surface area (Å²) in [6, 6.07) is 18.1. The smallest absolute Gasteiger partial charge is 0.122 e. The summed E-state index contributed by atoms with van der Waals surface area (Å²) in [5, 5.41) is 8.08. The normalized spacial score (nSPS) is 14.3. The Morgan fingerprint density at radius 3 is 2.33 bits per heavy atom. The van der Waals surface area contributed by atoms with Gasteiger partial charge in [0.15, 0.2) is 0 Å². The van der Waals surface area contributed by atoms with Gasteiger partial charge in [-0.2, -0.15) is 5.10 Å². The molecule has 2 aromatic rings. The molecule has 1 heterocycles. The molecule has 0 bridgehead atoms. The summed E-state index contributed by atoms with van der Waals surface area (Å²) in [7, 11) is 0. The lowest BCUT2D eigenvalue weighted by atomic mass is 10.0. The van der Waals surface area contributed by atoms with Crippen molar-refractivity contribution < 1.29 is 4.74 Å². The van der Waals surface area contributed by atoms with Crippen LogP contribution in [-0.4, -0.2) is 11.5 Å². The van der Waals surface area contributed by atoms with Crippen LogP contribution in [0.3, 0.4) is 0 Å². The molecule has 0 spiro atoms. The van der Waals surface area contributed by atoms with Crippen molar-refractivity contribution in [3.8, 4) is 5.75 Å². The van der Waals surface area contributed by atoms with Gasteiger partial charge in [0.25, 0.3) is 0 Å². The Labute approximate surface area is 124 Å². The fourth-order valence-electron chi connectivity index (χ4n) is 2.16. The molecular weight excluding hydrogens is 262 g/mol. The number of hydrogen-bond donors (Lipinski definition) is 1. The molecule has 21 heavy (non-hydrogen) atoms. The Kier molecular flexibility index (Phi) is 3.96. The predicted octanol–water partition coefficient (Wildman–Crippen LogP) is 3.12. The van der Waals surface area contributed by atoms with Gasteiger partial charge in [-0.1, -0.05) is 30.3 Å². The van der Waals surface area contributed by atoms with E-state index in [1.165, 1.54) is 0 Å². The van der Waals surface area contributed by atoms with E-state index in [9.17, 15) is 0 Å². The van der Waals surface area contributed by atoms with Gasteiger partial charge in [-0.05, 0) is 41.8 Å². The molecule has 1 aliphatic rings. The largest absolute Gasteiger partial charge is 0.489 e. The van der Waals surface area contributed by atoms with Crippen molar-refractivity contribution >= 4 is 11.5 Å². The van der Waals surface area contributed by atoms with E-state index >= 15 is 0 Å². The molecule has 0 aromatic heterocycles. The standard InChI is InChI=1S/C17H17N3O/c18-17-11-10-16(19-20-17)14-6-8-15(9-7-14)21-12-13-4-2-1-3-5-13/h1-9H,10-12H2,(H2,18,20). The topological polar surface area (TPSA) is 60.0 Å². The van der Waals surface area contributed by atoms with E-state index in [1.807, 2.05) is 54.6 Å². The molecule has 0 radical (unpaired) electrons. The molecule has 0 unspecified atom stereocenters. The molecule has 0 saturated heterocycles. The fraction of sp³-hybridized carbons (Fsp3) is 0.176. The van der Waals surface area contributed by atoms with E-state index in [0.29, 0.717) is 12.4 Å². The number of ether oxygens (including phenoxy) is 1. The molecule has 106 valence electrons. The molecule has 0 atom stereocenters. The van der Waals surface area contributed by atoms with E-state index in [0.717, 1.165) is 35.4 Å². The van der Waals surface area contributed by atoms with E-state index in [1.54, 1.807) is 0 Å². The first-order valence-electron chi connectivity index (χ1n) is 6.97. The third kappa shape index (κ3) is 3.48. The van der Waals surface area contributed by atoms with Crippen LogP contribution in [0.2, 0.25) is 0 Å². The van der Waals surface area contributed by atoms with Crippen molar-refractivity contribution in [3.05, 3.63) is 65.7 Å². The average Bonchev–Trinajstić information content (AvgIpc) is 2.55. The minimum atomic E-state index is 0.571. The van der Waals surface area contributed by atoms with Gasteiger partial charge in [-0.3, -0.25) is 0 Å². The lowest BCUT2D eigenvalue weighted by molar-refractivity contribution is 0.306. The molecule has 4 nitrogen and oxygen atoms in total. The van der Waals surface area contributed by atoms with Gasteiger partial charge in [0.05, 0.1) is 5.71 Å². The van der Waals surface area contributed by atoms with Gasteiger partial charge in [0.1, 0.15) is 18.2 Å². The summed E-state index contributed by atoms with van der Waals surface area (Å²) >= 11 is 0.